The molecular weight excluding hydrogens is 188 g/mol. The van der Waals surface area contributed by atoms with Gasteiger partial charge < -0.3 is 10.5 Å². The fourth-order valence-corrected chi connectivity index (χ4v) is 2.00. The molecule has 0 amide bonds. The van der Waals surface area contributed by atoms with Gasteiger partial charge in [-0.1, -0.05) is 0 Å². The van der Waals surface area contributed by atoms with Crippen molar-refractivity contribution in [3.63, 3.8) is 0 Å². The van der Waals surface area contributed by atoms with Crippen molar-refractivity contribution in [2.45, 2.75) is 25.9 Å². The lowest BCUT2D eigenvalue weighted by molar-refractivity contribution is -0.143. The zero-order valence-electron chi connectivity index (χ0n) is 7.82. The molecule has 1 heterocycles. The Hall–Kier alpha value is -0.550. The fourth-order valence-electron chi connectivity index (χ4n) is 1.00. The second kappa shape index (κ2) is 4.62. The van der Waals surface area contributed by atoms with Crippen LogP contribution in [-0.2, 0) is 9.53 Å². The van der Waals surface area contributed by atoms with E-state index in [1.54, 1.807) is 6.92 Å². The predicted molar refractivity (Wildman–Crippen MR) is 54.0 cm³/mol. The second-order valence-corrected chi connectivity index (χ2v) is 3.88. The molecule has 0 aromatic rings. The van der Waals surface area contributed by atoms with Gasteiger partial charge in [0.2, 0.25) is 0 Å². The molecule has 1 aliphatic rings. The van der Waals surface area contributed by atoms with Gasteiger partial charge in [-0.15, -0.1) is 11.8 Å². The van der Waals surface area contributed by atoms with Crippen molar-refractivity contribution in [1.29, 1.82) is 0 Å². The van der Waals surface area contributed by atoms with Crippen molar-refractivity contribution in [3.05, 3.63) is 0 Å². The van der Waals surface area contributed by atoms with Gasteiger partial charge in [0.15, 0.2) is 6.04 Å². The van der Waals surface area contributed by atoms with Crippen LogP contribution in [0.2, 0.25) is 0 Å². The molecule has 0 bridgehead atoms. The van der Waals surface area contributed by atoms with E-state index >= 15 is 0 Å². The summed E-state index contributed by atoms with van der Waals surface area (Å²) in [4.78, 5) is 15.4. The number of aliphatic imine (C=N–C) groups is 1. The Bertz CT molecular complexity index is 228. The fraction of sp³-hybridized carbons (Fsp3) is 0.750. The maximum Gasteiger partial charge on any atom is 0.331 e. The van der Waals surface area contributed by atoms with Gasteiger partial charge in [-0.05, 0) is 13.8 Å². The smallest absolute Gasteiger partial charge is 0.331 e. The lowest BCUT2D eigenvalue weighted by atomic mass is 10.3. The SMILES string of the molecule is CCOC(=O)C1CSC(C(C)N)=N1. The number of esters is 1. The summed E-state index contributed by atoms with van der Waals surface area (Å²) in [5.74, 6) is 0.418. The molecule has 1 aliphatic heterocycles. The van der Waals surface area contributed by atoms with Crippen molar-refractivity contribution in [3.8, 4) is 0 Å². The van der Waals surface area contributed by atoms with Crippen LogP contribution in [0.3, 0.4) is 0 Å². The highest BCUT2D eigenvalue weighted by molar-refractivity contribution is 8.14. The number of nitrogens with zero attached hydrogens (tertiary/aromatic N) is 1. The van der Waals surface area contributed by atoms with E-state index in [0.29, 0.717) is 12.4 Å². The third-order valence-electron chi connectivity index (χ3n) is 1.62. The van der Waals surface area contributed by atoms with Gasteiger partial charge in [0, 0.05) is 11.8 Å². The summed E-state index contributed by atoms with van der Waals surface area (Å²) in [5, 5.41) is 0.845. The van der Waals surface area contributed by atoms with E-state index < -0.39 is 0 Å². The molecule has 0 saturated heterocycles. The number of carbonyl (C=O) groups excluding carboxylic acids is 1. The van der Waals surface area contributed by atoms with Crippen molar-refractivity contribution in [1.82, 2.24) is 0 Å². The number of nitrogens with two attached hydrogens (primary N) is 1. The molecule has 1 rings (SSSR count). The molecule has 0 saturated carbocycles. The van der Waals surface area contributed by atoms with Gasteiger partial charge >= 0.3 is 5.97 Å². The molecule has 0 radical (unpaired) electrons. The first-order valence-corrected chi connectivity index (χ1v) is 5.26. The van der Waals surface area contributed by atoms with E-state index in [0.717, 1.165) is 5.04 Å². The topological polar surface area (TPSA) is 64.7 Å². The first-order valence-electron chi connectivity index (χ1n) is 4.27. The van der Waals surface area contributed by atoms with Crippen LogP contribution < -0.4 is 5.73 Å². The monoisotopic (exact) mass is 202 g/mol. The summed E-state index contributed by atoms with van der Waals surface area (Å²) < 4.78 is 4.85. The minimum atomic E-state index is -0.342. The van der Waals surface area contributed by atoms with Crippen LogP contribution in [0.25, 0.3) is 0 Å². The molecule has 4 nitrogen and oxygen atoms in total. The van der Waals surface area contributed by atoms with Gasteiger partial charge in [-0.2, -0.15) is 0 Å². The summed E-state index contributed by atoms with van der Waals surface area (Å²) in [7, 11) is 0. The third-order valence-corrected chi connectivity index (χ3v) is 2.88. The molecule has 0 aliphatic carbocycles. The average Bonchev–Trinajstić information content (AvgIpc) is 2.52. The van der Waals surface area contributed by atoms with E-state index in [2.05, 4.69) is 4.99 Å². The highest BCUT2D eigenvalue weighted by Gasteiger charge is 2.27. The highest BCUT2D eigenvalue weighted by Crippen LogP contribution is 2.20. The van der Waals surface area contributed by atoms with E-state index in [-0.39, 0.29) is 18.1 Å². The van der Waals surface area contributed by atoms with Crippen molar-refractivity contribution in [2.24, 2.45) is 10.7 Å². The molecule has 0 aromatic heterocycles. The average molecular weight is 202 g/mol. The van der Waals surface area contributed by atoms with Crippen LogP contribution in [0.1, 0.15) is 13.8 Å². The quantitative estimate of drug-likeness (QED) is 0.673. The first-order chi connectivity index (χ1) is 6.15. The Labute approximate surface area is 81.9 Å². The van der Waals surface area contributed by atoms with Gasteiger partial charge in [0.05, 0.1) is 11.7 Å². The van der Waals surface area contributed by atoms with Crippen LogP contribution in [0.4, 0.5) is 0 Å². The van der Waals surface area contributed by atoms with Gasteiger partial charge in [0.1, 0.15) is 0 Å². The van der Waals surface area contributed by atoms with Crippen molar-refractivity contribution < 1.29 is 9.53 Å². The Kier molecular flexibility index (Phi) is 3.74. The van der Waals surface area contributed by atoms with E-state index in [4.69, 9.17) is 10.5 Å². The van der Waals surface area contributed by atoms with E-state index in [1.807, 2.05) is 6.92 Å². The standard InChI is InChI=1S/C8H14N2O2S/c1-3-12-8(11)6-4-13-7(10-6)5(2)9/h5-6H,3-4,9H2,1-2H3. The number of thioether (sulfide) groups is 1. The van der Waals surface area contributed by atoms with Crippen molar-refractivity contribution >= 4 is 22.8 Å². The normalized spacial score (nSPS) is 23.9. The Morgan fingerprint density at radius 2 is 2.62 bits per heavy atom. The molecule has 2 atom stereocenters. The van der Waals surface area contributed by atoms with Gasteiger partial charge in [-0.25, -0.2) is 4.79 Å². The minimum Gasteiger partial charge on any atom is -0.464 e. The van der Waals surface area contributed by atoms with Crippen LogP contribution in [-0.4, -0.2) is 35.5 Å². The molecule has 0 fully saturated rings. The summed E-state index contributed by atoms with van der Waals surface area (Å²) in [6.45, 7) is 4.05. The second-order valence-electron chi connectivity index (χ2n) is 2.83. The zero-order valence-corrected chi connectivity index (χ0v) is 8.63. The van der Waals surface area contributed by atoms with Gasteiger partial charge in [-0.3, -0.25) is 4.99 Å². The first kappa shape index (κ1) is 10.5. The number of ether oxygens (including phenoxy) is 1. The van der Waals surface area contributed by atoms with Crippen LogP contribution in [0.5, 0.6) is 0 Å². The maximum atomic E-state index is 11.2. The summed E-state index contributed by atoms with van der Waals surface area (Å²) >= 11 is 1.54. The summed E-state index contributed by atoms with van der Waals surface area (Å²) in [6, 6.07) is -0.421. The summed E-state index contributed by atoms with van der Waals surface area (Å²) in [5.41, 5.74) is 5.63. The number of hydrogen-bond donors (Lipinski definition) is 1. The van der Waals surface area contributed by atoms with E-state index in [9.17, 15) is 4.79 Å². The van der Waals surface area contributed by atoms with Crippen LogP contribution in [0, 0.1) is 0 Å². The Morgan fingerprint density at radius 1 is 1.92 bits per heavy atom. The van der Waals surface area contributed by atoms with E-state index in [1.165, 1.54) is 11.8 Å². The van der Waals surface area contributed by atoms with Crippen LogP contribution in [0.15, 0.2) is 4.99 Å². The third kappa shape index (κ3) is 2.70. The number of hydrogen-bond acceptors (Lipinski definition) is 5. The molecular formula is C8H14N2O2S. The van der Waals surface area contributed by atoms with Gasteiger partial charge in [0.25, 0.3) is 0 Å². The minimum absolute atomic E-state index is 0.0792. The molecule has 2 unspecified atom stereocenters. The molecule has 2 N–H and O–H groups in total. The number of carbonyl (C=O) groups is 1. The molecule has 13 heavy (non-hydrogen) atoms. The highest BCUT2D eigenvalue weighted by atomic mass is 32.2. The molecule has 5 heteroatoms. The molecule has 0 spiro atoms. The Balaban J connectivity index is 2.52. The number of rotatable bonds is 3. The maximum absolute atomic E-state index is 11.2. The lowest BCUT2D eigenvalue weighted by Gasteiger charge is -2.04. The Morgan fingerprint density at radius 3 is 3.08 bits per heavy atom. The zero-order chi connectivity index (χ0) is 9.84. The predicted octanol–water partition coefficient (Wildman–Crippen LogP) is 0.411. The van der Waals surface area contributed by atoms with Crippen molar-refractivity contribution in [2.75, 3.05) is 12.4 Å². The lowest BCUT2D eigenvalue weighted by Crippen LogP contribution is -2.24. The van der Waals surface area contributed by atoms with Crippen LogP contribution >= 0.6 is 11.8 Å². The molecule has 74 valence electrons. The molecule has 0 aromatic carbocycles. The summed E-state index contributed by atoms with van der Waals surface area (Å²) in [6.07, 6.45) is 0. The largest absolute Gasteiger partial charge is 0.464 e.